The van der Waals surface area contributed by atoms with Crippen LogP contribution in [0.4, 0.5) is 0 Å². The van der Waals surface area contributed by atoms with E-state index in [4.69, 9.17) is 0 Å². The molecule has 0 radical (unpaired) electrons. The average molecular weight is 337 g/mol. The molecule has 126 valence electrons. The van der Waals surface area contributed by atoms with Crippen LogP contribution >= 0.6 is 0 Å². The van der Waals surface area contributed by atoms with E-state index in [1.54, 1.807) is 24.3 Å². The number of amides is 1. The molecule has 1 fully saturated rings. The second kappa shape index (κ2) is 8.82. The molecule has 1 aromatic rings. The number of rotatable bonds is 7. The summed E-state index contributed by atoms with van der Waals surface area (Å²) in [5.41, 5.74) is 0. The van der Waals surface area contributed by atoms with Gasteiger partial charge in [0.15, 0.2) is 0 Å². The van der Waals surface area contributed by atoms with Gasteiger partial charge in [-0.15, -0.1) is 0 Å². The van der Waals surface area contributed by atoms with Crippen molar-refractivity contribution in [3.63, 3.8) is 0 Å². The standard InChI is InChI=1S/C17H23NO4S/c19-16(13-7-3-1-4-8-13)18-15(17(20)21)11-12-23(22)14-9-5-2-6-10-14/h2,5-6,9-10,13,15H,1,3-4,7-8,11-12H2,(H,18,19)(H,20,21)/t15-,23-/m1/s1. The van der Waals surface area contributed by atoms with Gasteiger partial charge in [-0.05, 0) is 31.4 Å². The van der Waals surface area contributed by atoms with Crippen molar-refractivity contribution in [2.45, 2.75) is 49.5 Å². The molecule has 1 amide bonds. The van der Waals surface area contributed by atoms with Crippen molar-refractivity contribution in [1.82, 2.24) is 5.32 Å². The SMILES string of the molecule is O=C(N[C@H](CC[S@@](=O)c1ccccc1)C(=O)O)C1CCCCC1. The lowest BCUT2D eigenvalue weighted by Gasteiger charge is -2.23. The Morgan fingerprint density at radius 2 is 1.83 bits per heavy atom. The van der Waals surface area contributed by atoms with Crippen LogP contribution < -0.4 is 5.32 Å². The molecule has 2 atom stereocenters. The van der Waals surface area contributed by atoms with E-state index >= 15 is 0 Å². The fourth-order valence-corrected chi connectivity index (χ4v) is 3.97. The molecule has 0 aliphatic heterocycles. The van der Waals surface area contributed by atoms with Gasteiger partial charge in [0.05, 0.1) is 10.8 Å². The number of carbonyl (C=O) groups excluding carboxylic acids is 1. The van der Waals surface area contributed by atoms with Crippen LogP contribution in [0.25, 0.3) is 0 Å². The third kappa shape index (κ3) is 5.46. The molecule has 0 aromatic heterocycles. The van der Waals surface area contributed by atoms with E-state index in [0.717, 1.165) is 32.1 Å². The van der Waals surface area contributed by atoms with Gasteiger partial charge in [0.2, 0.25) is 5.91 Å². The summed E-state index contributed by atoms with van der Waals surface area (Å²) in [4.78, 5) is 24.2. The van der Waals surface area contributed by atoms with E-state index in [9.17, 15) is 18.9 Å². The molecule has 0 bridgehead atoms. The maximum absolute atomic E-state index is 12.2. The summed E-state index contributed by atoms with van der Waals surface area (Å²) in [7, 11) is -1.25. The summed E-state index contributed by atoms with van der Waals surface area (Å²) in [6.07, 6.45) is 5.00. The number of nitrogens with one attached hydrogen (secondary N) is 1. The van der Waals surface area contributed by atoms with E-state index in [1.165, 1.54) is 0 Å². The average Bonchev–Trinajstić information content (AvgIpc) is 2.59. The Morgan fingerprint density at radius 1 is 1.17 bits per heavy atom. The van der Waals surface area contributed by atoms with Crippen molar-refractivity contribution < 1.29 is 18.9 Å². The smallest absolute Gasteiger partial charge is 0.326 e. The Bertz CT molecular complexity index is 555. The number of hydrogen-bond acceptors (Lipinski definition) is 3. The van der Waals surface area contributed by atoms with Crippen molar-refractivity contribution in [2.75, 3.05) is 5.75 Å². The molecular weight excluding hydrogens is 314 g/mol. The fourth-order valence-electron chi connectivity index (χ4n) is 2.83. The molecule has 0 saturated heterocycles. The van der Waals surface area contributed by atoms with E-state index in [-0.39, 0.29) is 24.0 Å². The molecule has 0 spiro atoms. The largest absolute Gasteiger partial charge is 0.480 e. The zero-order valence-corrected chi connectivity index (χ0v) is 13.9. The number of carboxylic acids is 1. The minimum absolute atomic E-state index is 0.0785. The van der Waals surface area contributed by atoms with Gasteiger partial charge in [0, 0.05) is 16.6 Å². The summed E-state index contributed by atoms with van der Waals surface area (Å²) >= 11 is 0. The highest BCUT2D eigenvalue weighted by molar-refractivity contribution is 7.85. The molecule has 1 aliphatic carbocycles. The van der Waals surface area contributed by atoms with E-state index in [0.29, 0.717) is 4.90 Å². The van der Waals surface area contributed by atoms with Crippen LogP contribution in [0.3, 0.4) is 0 Å². The molecule has 2 rings (SSSR count). The Hall–Kier alpha value is -1.69. The van der Waals surface area contributed by atoms with Crippen LogP contribution in [0.15, 0.2) is 35.2 Å². The number of aliphatic carboxylic acids is 1. The summed E-state index contributed by atoms with van der Waals surface area (Å²) in [5.74, 6) is -1.11. The topological polar surface area (TPSA) is 83.5 Å². The van der Waals surface area contributed by atoms with Crippen LogP contribution in [0.1, 0.15) is 38.5 Å². The summed E-state index contributed by atoms with van der Waals surface area (Å²) in [6.45, 7) is 0. The van der Waals surface area contributed by atoms with Crippen molar-refractivity contribution in [1.29, 1.82) is 0 Å². The molecule has 1 aliphatic rings. The third-order valence-electron chi connectivity index (χ3n) is 4.19. The van der Waals surface area contributed by atoms with E-state index < -0.39 is 22.8 Å². The quantitative estimate of drug-likeness (QED) is 0.800. The first kappa shape index (κ1) is 17.7. The Morgan fingerprint density at radius 3 is 2.43 bits per heavy atom. The van der Waals surface area contributed by atoms with Gasteiger partial charge in [-0.2, -0.15) is 0 Å². The second-order valence-corrected chi connectivity index (χ2v) is 7.46. The van der Waals surface area contributed by atoms with Gasteiger partial charge < -0.3 is 10.4 Å². The maximum Gasteiger partial charge on any atom is 0.326 e. The van der Waals surface area contributed by atoms with Crippen LogP contribution in [-0.4, -0.2) is 33.0 Å². The molecule has 0 unspecified atom stereocenters. The summed E-state index contributed by atoms with van der Waals surface area (Å²) in [6, 6.07) is 7.97. The first-order chi connectivity index (χ1) is 11.1. The Kier molecular flexibility index (Phi) is 6.77. The minimum atomic E-state index is -1.25. The van der Waals surface area contributed by atoms with Crippen molar-refractivity contribution >= 4 is 22.7 Å². The normalized spacial score (nSPS) is 18.1. The number of benzene rings is 1. The van der Waals surface area contributed by atoms with Gasteiger partial charge in [-0.3, -0.25) is 9.00 Å². The monoisotopic (exact) mass is 337 g/mol. The van der Waals surface area contributed by atoms with Crippen molar-refractivity contribution in [3.8, 4) is 0 Å². The number of carboxylic acid groups (broad SMARTS) is 1. The predicted octanol–water partition coefficient (Wildman–Crippen LogP) is 2.33. The van der Waals surface area contributed by atoms with Crippen LogP contribution in [0.2, 0.25) is 0 Å². The first-order valence-electron chi connectivity index (χ1n) is 8.04. The maximum atomic E-state index is 12.2. The van der Waals surface area contributed by atoms with Crippen LogP contribution in [0, 0.1) is 5.92 Å². The molecule has 6 heteroatoms. The predicted molar refractivity (Wildman–Crippen MR) is 88.5 cm³/mol. The Balaban J connectivity index is 1.87. The highest BCUT2D eigenvalue weighted by Crippen LogP contribution is 2.23. The highest BCUT2D eigenvalue weighted by Gasteiger charge is 2.26. The zero-order valence-electron chi connectivity index (χ0n) is 13.1. The van der Waals surface area contributed by atoms with E-state index in [2.05, 4.69) is 5.32 Å². The number of carbonyl (C=O) groups is 2. The lowest BCUT2D eigenvalue weighted by Crippen LogP contribution is -2.44. The molecule has 0 heterocycles. The van der Waals surface area contributed by atoms with Gasteiger partial charge in [0.25, 0.3) is 0 Å². The van der Waals surface area contributed by atoms with Crippen LogP contribution in [0.5, 0.6) is 0 Å². The van der Waals surface area contributed by atoms with Gasteiger partial charge >= 0.3 is 5.97 Å². The van der Waals surface area contributed by atoms with Crippen LogP contribution in [-0.2, 0) is 20.4 Å². The highest BCUT2D eigenvalue weighted by atomic mass is 32.2. The first-order valence-corrected chi connectivity index (χ1v) is 9.36. The number of hydrogen-bond donors (Lipinski definition) is 2. The Labute approximate surface area is 138 Å². The van der Waals surface area contributed by atoms with E-state index in [1.807, 2.05) is 6.07 Å². The third-order valence-corrected chi connectivity index (χ3v) is 5.59. The summed E-state index contributed by atoms with van der Waals surface area (Å²) in [5, 5.41) is 11.9. The second-order valence-electron chi connectivity index (χ2n) is 5.89. The zero-order chi connectivity index (χ0) is 16.7. The molecule has 1 saturated carbocycles. The van der Waals surface area contributed by atoms with Gasteiger partial charge in [0.1, 0.15) is 6.04 Å². The molecular formula is C17H23NO4S. The van der Waals surface area contributed by atoms with Gasteiger partial charge in [-0.1, -0.05) is 37.5 Å². The molecule has 23 heavy (non-hydrogen) atoms. The lowest BCUT2D eigenvalue weighted by atomic mass is 9.88. The molecule has 1 aromatic carbocycles. The minimum Gasteiger partial charge on any atom is -0.480 e. The molecule has 5 nitrogen and oxygen atoms in total. The van der Waals surface area contributed by atoms with Crippen molar-refractivity contribution in [2.24, 2.45) is 5.92 Å². The lowest BCUT2D eigenvalue weighted by molar-refractivity contribution is -0.142. The van der Waals surface area contributed by atoms with Gasteiger partial charge in [-0.25, -0.2) is 4.79 Å². The van der Waals surface area contributed by atoms with Crippen molar-refractivity contribution in [3.05, 3.63) is 30.3 Å². The molecule has 2 N–H and O–H groups in total. The fraction of sp³-hybridized carbons (Fsp3) is 0.529. The summed E-state index contributed by atoms with van der Waals surface area (Å²) < 4.78 is 12.2.